The van der Waals surface area contributed by atoms with E-state index in [9.17, 15) is 21.6 Å². The second-order valence-corrected chi connectivity index (χ2v) is 9.21. The lowest BCUT2D eigenvalue weighted by atomic mass is 10.0. The predicted octanol–water partition coefficient (Wildman–Crippen LogP) is 0.240. The molecule has 1 atom stereocenters. The monoisotopic (exact) mass is 333 g/mol. The lowest BCUT2D eigenvalue weighted by Crippen LogP contribution is -2.46. The minimum absolute atomic E-state index is 0.0683. The quantitative estimate of drug-likeness (QED) is 0.815. The van der Waals surface area contributed by atoms with Crippen LogP contribution in [-0.4, -0.2) is 45.0 Å². The zero-order valence-electron chi connectivity index (χ0n) is 11.2. The van der Waals surface area contributed by atoms with Gasteiger partial charge < -0.3 is 5.11 Å². The molecule has 2 N–H and O–H groups in total. The van der Waals surface area contributed by atoms with Crippen LogP contribution < -0.4 is 4.72 Å². The molecule has 1 unspecified atom stereocenters. The summed E-state index contributed by atoms with van der Waals surface area (Å²) in [5.74, 6) is -1.57. The van der Waals surface area contributed by atoms with Gasteiger partial charge in [0, 0.05) is 5.54 Å². The lowest BCUT2D eigenvalue weighted by molar-refractivity contribution is 0.0696. The van der Waals surface area contributed by atoms with E-state index in [0.29, 0.717) is 0 Å². The summed E-state index contributed by atoms with van der Waals surface area (Å²) in [7, 11) is -7.24. The number of rotatable bonds is 4. The average molecular weight is 333 g/mol. The molecule has 0 bridgehead atoms. The number of carboxylic acid groups (broad SMARTS) is 1. The highest BCUT2D eigenvalue weighted by Crippen LogP contribution is 2.25. The molecule has 1 aliphatic rings. The third-order valence-electron chi connectivity index (χ3n) is 3.28. The van der Waals surface area contributed by atoms with Gasteiger partial charge in [0.2, 0.25) is 10.0 Å². The molecule has 9 heteroatoms. The Morgan fingerprint density at radius 1 is 1.38 bits per heavy atom. The summed E-state index contributed by atoms with van der Waals surface area (Å²) < 4.78 is 49.9. The first-order valence-corrected chi connectivity index (χ1v) is 9.41. The molecule has 7 nitrogen and oxygen atoms in total. The van der Waals surface area contributed by atoms with Crippen molar-refractivity contribution in [2.75, 3.05) is 11.5 Å². The Labute approximate surface area is 123 Å². The van der Waals surface area contributed by atoms with E-state index in [0.717, 1.165) is 6.07 Å². The topological polar surface area (TPSA) is 118 Å². The molecule has 0 aromatic heterocycles. The van der Waals surface area contributed by atoms with E-state index in [1.807, 2.05) is 0 Å². The van der Waals surface area contributed by atoms with Gasteiger partial charge in [-0.05, 0) is 31.5 Å². The highest BCUT2D eigenvalue weighted by atomic mass is 32.2. The van der Waals surface area contributed by atoms with E-state index in [-0.39, 0.29) is 28.4 Å². The van der Waals surface area contributed by atoms with Crippen LogP contribution in [0.15, 0.2) is 29.2 Å². The molecule has 0 radical (unpaired) electrons. The summed E-state index contributed by atoms with van der Waals surface area (Å²) in [5.41, 5.74) is -1.22. The molecule has 0 spiro atoms. The maximum Gasteiger partial charge on any atom is 0.335 e. The first kappa shape index (κ1) is 15.9. The summed E-state index contributed by atoms with van der Waals surface area (Å²) in [4.78, 5) is 10.7. The lowest BCUT2D eigenvalue weighted by Gasteiger charge is -2.23. The number of sulfone groups is 1. The molecular formula is C12H15NO6S2. The summed E-state index contributed by atoms with van der Waals surface area (Å²) in [6.07, 6.45) is 0.188. The Morgan fingerprint density at radius 2 is 2.05 bits per heavy atom. The maximum atomic E-state index is 12.3. The van der Waals surface area contributed by atoms with Crippen LogP contribution in [-0.2, 0) is 19.9 Å². The van der Waals surface area contributed by atoms with E-state index in [2.05, 4.69) is 4.72 Å². The number of hydrogen-bond acceptors (Lipinski definition) is 5. The third kappa shape index (κ3) is 3.60. The zero-order chi connectivity index (χ0) is 15.9. The molecular weight excluding hydrogens is 318 g/mol. The van der Waals surface area contributed by atoms with Crippen molar-refractivity contribution in [2.45, 2.75) is 23.8 Å². The first-order chi connectivity index (χ1) is 9.53. The molecule has 1 heterocycles. The molecule has 2 rings (SSSR count). The normalized spacial score (nSPS) is 24.8. The molecule has 21 heavy (non-hydrogen) atoms. The van der Waals surface area contributed by atoms with E-state index in [1.54, 1.807) is 0 Å². The van der Waals surface area contributed by atoms with Crippen molar-refractivity contribution in [3.8, 4) is 0 Å². The van der Waals surface area contributed by atoms with E-state index in [1.165, 1.54) is 25.1 Å². The Hall–Kier alpha value is -1.45. The molecule has 1 aliphatic heterocycles. The van der Waals surface area contributed by atoms with Gasteiger partial charge in [0.15, 0.2) is 9.84 Å². The minimum Gasteiger partial charge on any atom is -0.478 e. The number of carboxylic acids is 1. The van der Waals surface area contributed by atoms with E-state index >= 15 is 0 Å². The average Bonchev–Trinajstić information content (AvgIpc) is 2.62. The fourth-order valence-corrected chi connectivity index (χ4v) is 5.94. The maximum absolute atomic E-state index is 12.3. The van der Waals surface area contributed by atoms with Gasteiger partial charge in [-0.25, -0.2) is 26.4 Å². The van der Waals surface area contributed by atoms with Gasteiger partial charge in [0.1, 0.15) is 0 Å². The van der Waals surface area contributed by atoms with Gasteiger partial charge >= 0.3 is 5.97 Å². The largest absolute Gasteiger partial charge is 0.478 e. The molecule has 0 saturated carbocycles. The Morgan fingerprint density at radius 3 is 2.57 bits per heavy atom. The van der Waals surface area contributed by atoms with Crippen LogP contribution in [0.1, 0.15) is 23.7 Å². The van der Waals surface area contributed by atoms with Crippen LogP contribution in [0.5, 0.6) is 0 Å². The van der Waals surface area contributed by atoms with Crippen LogP contribution in [0.4, 0.5) is 0 Å². The highest BCUT2D eigenvalue weighted by Gasteiger charge is 2.41. The van der Waals surface area contributed by atoms with Crippen LogP contribution in [0.25, 0.3) is 0 Å². The number of sulfonamides is 1. The first-order valence-electron chi connectivity index (χ1n) is 6.11. The van der Waals surface area contributed by atoms with Crippen LogP contribution in [0.3, 0.4) is 0 Å². The van der Waals surface area contributed by atoms with E-state index in [4.69, 9.17) is 5.11 Å². The summed E-state index contributed by atoms with van der Waals surface area (Å²) >= 11 is 0. The number of hydrogen-bond donors (Lipinski definition) is 2. The molecule has 1 aromatic carbocycles. The zero-order valence-corrected chi connectivity index (χ0v) is 12.9. The molecule has 0 amide bonds. The highest BCUT2D eigenvalue weighted by molar-refractivity contribution is 7.92. The fraction of sp³-hybridized carbons (Fsp3) is 0.417. The Balaban J connectivity index is 2.31. The van der Waals surface area contributed by atoms with Crippen molar-refractivity contribution < 1.29 is 26.7 Å². The van der Waals surface area contributed by atoms with Crippen molar-refractivity contribution in [2.24, 2.45) is 0 Å². The second kappa shape index (κ2) is 5.08. The summed E-state index contributed by atoms with van der Waals surface area (Å²) in [6.45, 7) is 1.52. The smallest absolute Gasteiger partial charge is 0.335 e. The van der Waals surface area contributed by atoms with Crippen molar-refractivity contribution in [3.63, 3.8) is 0 Å². The minimum atomic E-state index is -3.99. The van der Waals surface area contributed by atoms with Crippen molar-refractivity contribution >= 4 is 25.8 Å². The van der Waals surface area contributed by atoms with Crippen LogP contribution in [0.2, 0.25) is 0 Å². The van der Waals surface area contributed by atoms with Gasteiger partial charge in [0.05, 0.1) is 22.0 Å². The Bertz CT molecular complexity index is 784. The molecule has 0 aliphatic carbocycles. The SMILES string of the molecule is CC1(NS(=O)(=O)c2cccc(C(=O)O)c2)CCS(=O)(=O)C1. The predicted molar refractivity (Wildman–Crippen MR) is 75.4 cm³/mol. The van der Waals surface area contributed by atoms with Gasteiger partial charge in [-0.1, -0.05) is 6.07 Å². The molecule has 1 fully saturated rings. The van der Waals surface area contributed by atoms with Crippen molar-refractivity contribution in [1.82, 2.24) is 4.72 Å². The summed E-state index contributed by atoms with van der Waals surface area (Å²) in [6, 6.07) is 4.91. The third-order valence-corrected chi connectivity index (χ3v) is 6.81. The number of benzene rings is 1. The van der Waals surface area contributed by atoms with Crippen LogP contribution >= 0.6 is 0 Å². The second-order valence-electron chi connectivity index (χ2n) is 5.34. The van der Waals surface area contributed by atoms with Gasteiger partial charge in [0.25, 0.3) is 0 Å². The standard InChI is InChI=1S/C12H15NO6S2/c1-12(5-6-20(16,17)8-12)13-21(18,19)10-4-2-3-9(7-10)11(14)15/h2-4,7,13H,5-6,8H2,1H3,(H,14,15). The molecule has 116 valence electrons. The number of nitrogens with one attached hydrogen (secondary N) is 1. The number of aromatic carboxylic acids is 1. The Kier molecular flexibility index (Phi) is 3.85. The van der Waals surface area contributed by atoms with E-state index < -0.39 is 31.4 Å². The van der Waals surface area contributed by atoms with Crippen molar-refractivity contribution in [1.29, 1.82) is 0 Å². The fourth-order valence-electron chi connectivity index (χ4n) is 2.27. The van der Waals surface area contributed by atoms with Gasteiger partial charge in [-0.15, -0.1) is 0 Å². The number of carbonyl (C=O) groups is 1. The van der Waals surface area contributed by atoms with Gasteiger partial charge in [-0.3, -0.25) is 0 Å². The van der Waals surface area contributed by atoms with Crippen LogP contribution in [0, 0.1) is 0 Å². The molecule has 1 saturated heterocycles. The molecule has 1 aromatic rings. The summed E-state index contributed by atoms with van der Waals surface area (Å²) in [5, 5.41) is 8.88. The van der Waals surface area contributed by atoms with Crippen molar-refractivity contribution in [3.05, 3.63) is 29.8 Å². The van der Waals surface area contributed by atoms with Gasteiger partial charge in [-0.2, -0.15) is 0 Å².